The van der Waals surface area contributed by atoms with Crippen LogP contribution < -0.4 is 14.8 Å². The van der Waals surface area contributed by atoms with E-state index in [0.29, 0.717) is 63.2 Å². The minimum atomic E-state index is -0.298. The molecule has 26 heavy (non-hydrogen) atoms. The molecule has 0 radical (unpaired) electrons. The van der Waals surface area contributed by atoms with E-state index in [-0.39, 0.29) is 18.0 Å². The molecule has 1 N–H and O–H groups in total. The Morgan fingerprint density at radius 2 is 1.69 bits per heavy atom. The van der Waals surface area contributed by atoms with Gasteiger partial charge in [0.15, 0.2) is 11.5 Å². The van der Waals surface area contributed by atoms with Crippen LogP contribution in [-0.2, 0) is 9.53 Å². The Hall–Kier alpha value is -2.48. The average molecular weight is 361 g/mol. The highest BCUT2D eigenvalue weighted by atomic mass is 16.6. The summed E-state index contributed by atoms with van der Waals surface area (Å²) in [6.45, 7) is 3.79. The molecule has 0 aromatic heterocycles. The second-order valence-corrected chi connectivity index (χ2v) is 6.60. The maximum Gasteiger partial charge on any atom is 0.321 e. The van der Waals surface area contributed by atoms with E-state index in [9.17, 15) is 9.59 Å². The smallest absolute Gasteiger partial charge is 0.321 e. The van der Waals surface area contributed by atoms with Gasteiger partial charge in [0.2, 0.25) is 0 Å². The van der Waals surface area contributed by atoms with Gasteiger partial charge in [-0.25, -0.2) is 4.79 Å². The summed E-state index contributed by atoms with van der Waals surface area (Å²) in [5.41, 5.74) is 0.664. The fourth-order valence-electron chi connectivity index (χ4n) is 3.43. The number of nitrogens with zero attached hydrogens (tertiary/aromatic N) is 2. The number of piperazine rings is 1. The summed E-state index contributed by atoms with van der Waals surface area (Å²) in [4.78, 5) is 28.4. The summed E-state index contributed by atoms with van der Waals surface area (Å²) >= 11 is 0. The fourth-order valence-corrected chi connectivity index (χ4v) is 3.43. The molecule has 2 saturated heterocycles. The molecule has 140 valence electrons. The van der Waals surface area contributed by atoms with E-state index in [2.05, 4.69) is 5.32 Å². The summed E-state index contributed by atoms with van der Waals surface area (Å²) in [6, 6.07) is 5.18. The summed E-state index contributed by atoms with van der Waals surface area (Å²) < 4.78 is 16.5. The molecular weight excluding hydrogens is 338 g/mol. The van der Waals surface area contributed by atoms with Gasteiger partial charge >= 0.3 is 6.03 Å². The average Bonchev–Trinajstić information content (AvgIpc) is 3.22. The van der Waals surface area contributed by atoms with E-state index in [1.807, 2.05) is 0 Å². The quantitative estimate of drug-likeness (QED) is 0.859. The van der Waals surface area contributed by atoms with Crippen molar-refractivity contribution in [3.05, 3.63) is 18.2 Å². The van der Waals surface area contributed by atoms with Crippen LogP contribution in [0.5, 0.6) is 11.5 Å². The van der Waals surface area contributed by atoms with Gasteiger partial charge in [0.05, 0.1) is 0 Å². The second-order valence-electron chi connectivity index (χ2n) is 6.60. The van der Waals surface area contributed by atoms with Crippen LogP contribution >= 0.6 is 0 Å². The van der Waals surface area contributed by atoms with Crippen LogP contribution in [0.25, 0.3) is 0 Å². The number of carbonyl (C=O) groups is 2. The van der Waals surface area contributed by atoms with E-state index in [0.717, 1.165) is 12.8 Å². The highest BCUT2D eigenvalue weighted by molar-refractivity contribution is 5.90. The van der Waals surface area contributed by atoms with Crippen molar-refractivity contribution in [2.45, 2.75) is 18.9 Å². The van der Waals surface area contributed by atoms with Crippen molar-refractivity contribution in [1.29, 1.82) is 0 Å². The Morgan fingerprint density at radius 3 is 2.42 bits per heavy atom. The lowest BCUT2D eigenvalue weighted by atomic mass is 10.2. The van der Waals surface area contributed by atoms with Gasteiger partial charge in [-0.2, -0.15) is 0 Å². The number of hydrogen-bond donors (Lipinski definition) is 1. The van der Waals surface area contributed by atoms with E-state index in [1.165, 1.54) is 0 Å². The van der Waals surface area contributed by atoms with Gasteiger partial charge in [0.25, 0.3) is 5.91 Å². The van der Waals surface area contributed by atoms with Gasteiger partial charge in [-0.1, -0.05) is 0 Å². The van der Waals surface area contributed by atoms with Crippen molar-refractivity contribution in [2.24, 2.45) is 0 Å². The number of benzene rings is 1. The number of nitrogens with one attached hydrogen (secondary N) is 1. The maximum absolute atomic E-state index is 12.5. The molecular formula is C18H23N3O5. The van der Waals surface area contributed by atoms with Gasteiger partial charge < -0.3 is 29.3 Å². The first-order valence-corrected chi connectivity index (χ1v) is 9.07. The van der Waals surface area contributed by atoms with Crippen molar-refractivity contribution in [3.63, 3.8) is 0 Å². The standard InChI is InChI=1S/C18H23N3O5/c22-17(15-2-1-9-24-15)20-5-7-21(8-6-20)18(23)19-13-3-4-14-16(12-13)26-11-10-25-14/h3-4,12,15H,1-2,5-11H2,(H,19,23)/t15-/m1/s1. The molecule has 8 nitrogen and oxygen atoms in total. The monoisotopic (exact) mass is 361 g/mol. The Labute approximate surface area is 152 Å². The van der Waals surface area contributed by atoms with E-state index in [4.69, 9.17) is 14.2 Å². The summed E-state index contributed by atoms with van der Waals surface area (Å²) in [7, 11) is 0. The summed E-state index contributed by atoms with van der Waals surface area (Å²) in [6.07, 6.45) is 1.44. The predicted octanol–water partition coefficient (Wildman–Crippen LogP) is 1.31. The SMILES string of the molecule is O=C(Nc1ccc2c(c1)OCCO2)N1CCN(C(=O)[C@H]2CCCO2)CC1. The van der Waals surface area contributed by atoms with E-state index in [1.54, 1.807) is 28.0 Å². The van der Waals surface area contributed by atoms with Gasteiger partial charge in [0.1, 0.15) is 19.3 Å². The first-order valence-electron chi connectivity index (χ1n) is 9.07. The summed E-state index contributed by atoms with van der Waals surface area (Å²) in [5, 5.41) is 2.88. The normalized spacial score (nSPS) is 22.2. The molecule has 0 saturated carbocycles. The molecule has 0 unspecified atom stereocenters. The largest absolute Gasteiger partial charge is 0.486 e. The number of ether oxygens (including phenoxy) is 3. The Kier molecular flexibility index (Phi) is 4.83. The van der Waals surface area contributed by atoms with Crippen LogP contribution in [0.2, 0.25) is 0 Å². The molecule has 0 spiro atoms. The minimum Gasteiger partial charge on any atom is -0.486 e. The van der Waals surface area contributed by atoms with Crippen molar-refractivity contribution in [1.82, 2.24) is 9.80 Å². The highest BCUT2D eigenvalue weighted by Crippen LogP contribution is 2.32. The third kappa shape index (κ3) is 3.55. The van der Waals surface area contributed by atoms with Crippen LogP contribution in [0.4, 0.5) is 10.5 Å². The lowest BCUT2D eigenvalue weighted by Gasteiger charge is -2.35. The lowest BCUT2D eigenvalue weighted by molar-refractivity contribution is -0.142. The zero-order valence-electron chi connectivity index (χ0n) is 14.6. The second kappa shape index (κ2) is 7.41. The Morgan fingerprint density at radius 1 is 0.962 bits per heavy atom. The molecule has 0 bridgehead atoms. The molecule has 3 amide bonds. The number of carbonyl (C=O) groups excluding carboxylic acids is 2. The van der Waals surface area contributed by atoms with Crippen molar-refractivity contribution in [3.8, 4) is 11.5 Å². The lowest BCUT2D eigenvalue weighted by Crippen LogP contribution is -2.53. The number of anilines is 1. The van der Waals surface area contributed by atoms with Gasteiger partial charge in [-0.15, -0.1) is 0 Å². The highest BCUT2D eigenvalue weighted by Gasteiger charge is 2.31. The van der Waals surface area contributed by atoms with Gasteiger partial charge in [-0.3, -0.25) is 4.79 Å². The number of urea groups is 1. The van der Waals surface area contributed by atoms with Crippen molar-refractivity contribution < 1.29 is 23.8 Å². The molecule has 1 aromatic rings. The molecule has 3 heterocycles. The van der Waals surface area contributed by atoms with Gasteiger partial charge in [0, 0.05) is 44.5 Å². The minimum absolute atomic E-state index is 0.0504. The Balaban J connectivity index is 1.30. The summed E-state index contributed by atoms with van der Waals surface area (Å²) in [5.74, 6) is 1.38. The van der Waals surface area contributed by atoms with Crippen molar-refractivity contribution in [2.75, 3.05) is 51.3 Å². The number of amides is 3. The maximum atomic E-state index is 12.5. The molecule has 4 rings (SSSR count). The molecule has 1 atom stereocenters. The van der Waals surface area contributed by atoms with Crippen LogP contribution in [0, 0.1) is 0 Å². The molecule has 8 heteroatoms. The topological polar surface area (TPSA) is 80.3 Å². The van der Waals surface area contributed by atoms with Crippen LogP contribution in [0.3, 0.4) is 0 Å². The molecule has 0 aliphatic carbocycles. The molecule has 3 aliphatic rings. The number of fused-ring (bicyclic) bond motifs is 1. The molecule has 1 aromatic carbocycles. The van der Waals surface area contributed by atoms with Crippen LogP contribution in [0.1, 0.15) is 12.8 Å². The van der Waals surface area contributed by atoms with Crippen molar-refractivity contribution >= 4 is 17.6 Å². The first-order chi connectivity index (χ1) is 12.7. The predicted molar refractivity (Wildman–Crippen MR) is 93.6 cm³/mol. The third-order valence-electron chi connectivity index (χ3n) is 4.88. The van der Waals surface area contributed by atoms with E-state index >= 15 is 0 Å². The zero-order valence-corrected chi connectivity index (χ0v) is 14.6. The number of rotatable bonds is 2. The van der Waals surface area contributed by atoms with Gasteiger partial charge in [-0.05, 0) is 25.0 Å². The van der Waals surface area contributed by atoms with E-state index < -0.39 is 0 Å². The third-order valence-corrected chi connectivity index (χ3v) is 4.88. The Bertz CT molecular complexity index is 681. The zero-order chi connectivity index (χ0) is 17.9. The molecule has 3 aliphatic heterocycles. The fraction of sp³-hybridized carbons (Fsp3) is 0.556. The first kappa shape index (κ1) is 17.0. The van der Waals surface area contributed by atoms with Crippen LogP contribution in [0.15, 0.2) is 18.2 Å². The van der Waals surface area contributed by atoms with Crippen LogP contribution in [-0.4, -0.2) is 73.8 Å². The molecule has 2 fully saturated rings. The number of hydrogen-bond acceptors (Lipinski definition) is 5.